The van der Waals surface area contributed by atoms with Crippen LogP contribution in [0.2, 0.25) is 0 Å². The van der Waals surface area contributed by atoms with Gasteiger partial charge in [-0.25, -0.2) is 0 Å². The second kappa shape index (κ2) is 8.24. The Balaban J connectivity index is 1.62. The van der Waals surface area contributed by atoms with Crippen molar-refractivity contribution < 1.29 is 4.74 Å². The van der Waals surface area contributed by atoms with E-state index in [9.17, 15) is 0 Å². The third-order valence-corrected chi connectivity index (χ3v) is 6.31. The van der Waals surface area contributed by atoms with E-state index in [0.717, 1.165) is 28.6 Å². The predicted octanol–water partition coefficient (Wildman–Crippen LogP) is 9.21. The molecule has 0 amide bonds. The highest BCUT2D eigenvalue weighted by atomic mass is 16.5. The first-order valence-electron chi connectivity index (χ1n) is 11.6. The van der Waals surface area contributed by atoms with E-state index in [-0.39, 0.29) is 0 Å². The van der Waals surface area contributed by atoms with Crippen LogP contribution in [0.25, 0.3) is 22.3 Å². The maximum absolute atomic E-state index is 6.25. The van der Waals surface area contributed by atoms with Crippen LogP contribution in [0.1, 0.15) is 11.1 Å². The summed E-state index contributed by atoms with van der Waals surface area (Å²) in [5.74, 6) is 1.72. The molecule has 0 unspecified atom stereocenters. The van der Waals surface area contributed by atoms with Gasteiger partial charge in [-0.05, 0) is 78.6 Å². The van der Waals surface area contributed by atoms with Gasteiger partial charge in [-0.2, -0.15) is 0 Å². The third kappa shape index (κ3) is 3.64. The first-order valence-corrected chi connectivity index (χ1v) is 11.6. The van der Waals surface area contributed by atoms with Crippen molar-refractivity contribution in [1.82, 2.24) is 0 Å². The molecule has 0 atom stereocenters. The highest BCUT2D eigenvalue weighted by molar-refractivity contribution is 5.90. The lowest BCUT2D eigenvalue weighted by Gasteiger charge is -2.33. The van der Waals surface area contributed by atoms with Gasteiger partial charge in [0.1, 0.15) is 0 Å². The maximum atomic E-state index is 6.25. The Kier molecular flexibility index (Phi) is 4.92. The molecule has 0 aromatic heterocycles. The van der Waals surface area contributed by atoms with E-state index in [2.05, 4.69) is 110 Å². The lowest BCUT2D eigenvalue weighted by atomic mass is 9.95. The first kappa shape index (κ1) is 20.3. The number of aryl methyl sites for hydroxylation is 2. The van der Waals surface area contributed by atoms with E-state index in [1.807, 2.05) is 24.3 Å². The molecule has 0 fully saturated rings. The number of nitrogens with zero attached hydrogens (tertiary/aromatic N) is 1. The zero-order chi connectivity index (χ0) is 23.1. The van der Waals surface area contributed by atoms with Gasteiger partial charge in [-0.1, -0.05) is 83.9 Å². The van der Waals surface area contributed by atoms with Gasteiger partial charge in [0.2, 0.25) is 0 Å². The predicted molar refractivity (Wildman–Crippen MR) is 142 cm³/mol. The summed E-state index contributed by atoms with van der Waals surface area (Å²) >= 11 is 0. The average Bonchev–Trinajstić information content (AvgIpc) is 2.87. The molecular formula is C32H25NO. The third-order valence-electron chi connectivity index (χ3n) is 6.31. The van der Waals surface area contributed by atoms with E-state index in [1.54, 1.807) is 0 Å². The summed E-state index contributed by atoms with van der Waals surface area (Å²) < 4.78 is 6.25. The molecule has 0 spiro atoms. The van der Waals surface area contributed by atoms with Gasteiger partial charge in [0.15, 0.2) is 11.5 Å². The lowest BCUT2D eigenvalue weighted by molar-refractivity contribution is 0.477. The number of para-hydroxylation sites is 4. The van der Waals surface area contributed by atoms with Crippen LogP contribution in [0.4, 0.5) is 17.1 Å². The normalized spacial score (nSPS) is 12.0. The molecule has 164 valence electrons. The van der Waals surface area contributed by atoms with E-state index in [1.165, 1.54) is 33.4 Å². The number of benzene rings is 5. The van der Waals surface area contributed by atoms with Crippen LogP contribution in [0.3, 0.4) is 0 Å². The van der Waals surface area contributed by atoms with E-state index in [4.69, 9.17) is 4.74 Å². The lowest BCUT2D eigenvalue weighted by Crippen LogP contribution is -2.15. The molecule has 0 aliphatic carbocycles. The molecule has 2 nitrogen and oxygen atoms in total. The molecule has 1 heterocycles. The average molecular weight is 440 g/mol. The fraction of sp³-hybridized carbons (Fsp3) is 0.0625. The van der Waals surface area contributed by atoms with Gasteiger partial charge in [0.05, 0.1) is 11.4 Å². The highest BCUT2D eigenvalue weighted by Crippen LogP contribution is 2.51. The van der Waals surface area contributed by atoms with Crippen molar-refractivity contribution in [3.05, 3.63) is 126 Å². The van der Waals surface area contributed by atoms with E-state index in [0.29, 0.717) is 0 Å². The summed E-state index contributed by atoms with van der Waals surface area (Å²) in [7, 11) is 0. The minimum atomic E-state index is 0.860. The topological polar surface area (TPSA) is 12.5 Å². The molecule has 0 saturated heterocycles. The van der Waals surface area contributed by atoms with Gasteiger partial charge in [-0.15, -0.1) is 0 Å². The fourth-order valence-corrected chi connectivity index (χ4v) is 4.71. The van der Waals surface area contributed by atoms with Crippen LogP contribution < -0.4 is 9.64 Å². The van der Waals surface area contributed by atoms with E-state index < -0.39 is 0 Å². The molecule has 1 aliphatic heterocycles. The highest BCUT2D eigenvalue weighted by Gasteiger charge is 2.26. The SMILES string of the molecule is Cc1cccc(-c2cc(-c3cccc(C)c3)cc(N3c4ccccc4Oc4ccccc43)c2)c1. The summed E-state index contributed by atoms with van der Waals surface area (Å²) in [5, 5.41) is 0. The van der Waals surface area contributed by atoms with Crippen molar-refractivity contribution in [2.24, 2.45) is 0 Å². The molecule has 6 rings (SSSR count). The number of fused-ring (bicyclic) bond motifs is 2. The van der Waals surface area contributed by atoms with Crippen molar-refractivity contribution in [2.45, 2.75) is 13.8 Å². The summed E-state index contributed by atoms with van der Waals surface area (Å²) in [4.78, 5) is 2.31. The summed E-state index contributed by atoms with van der Waals surface area (Å²) in [6, 6.07) is 40.8. The van der Waals surface area contributed by atoms with Crippen LogP contribution in [-0.4, -0.2) is 0 Å². The van der Waals surface area contributed by atoms with Crippen LogP contribution in [0.15, 0.2) is 115 Å². The smallest absolute Gasteiger partial charge is 0.151 e. The van der Waals surface area contributed by atoms with Crippen molar-refractivity contribution in [2.75, 3.05) is 4.90 Å². The Labute approximate surface area is 200 Å². The number of hydrogen-bond acceptors (Lipinski definition) is 2. The Morgan fingerprint density at radius 2 is 0.971 bits per heavy atom. The van der Waals surface area contributed by atoms with Crippen LogP contribution in [0, 0.1) is 13.8 Å². The molecular weight excluding hydrogens is 414 g/mol. The maximum Gasteiger partial charge on any atom is 0.151 e. The molecule has 1 aliphatic rings. The molecule has 5 aromatic rings. The van der Waals surface area contributed by atoms with Gasteiger partial charge >= 0.3 is 0 Å². The van der Waals surface area contributed by atoms with Crippen LogP contribution in [0.5, 0.6) is 11.5 Å². The number of rotatable bonds is 3. The van der Waals surface area contributed by atoms with Crippen LogP contribution in [-0.2, 0) is 0 Å². The Hall–Kier alpha value is -4.30. The molecule has 2 heteroatoms. The van der Waals surface area contributed by atoms with Gasteiger partial charge in [0.25, 0.3) is 0 Å². The molecule has 0 bridgehead atoms. The zero-order valence-electron chi connectivity index (χ0n) is 19.3. The fourth-order valence-electron chi connectivity index (χ4n) is 4.71. The van der Waals surface area contributed by atoms with Crippen molar-refractivity contribution in [3.63, 3.8) is 0 Å². The minimum Gasteiger partial charge on any atom is -0.453 e. The van der Waals surface area contributed by atoms with Gasteiger partial charge in [0, 0.05) is 5.69 Å². The van der Waals surface area contributed by atoms with E-state index >= 15 is 0 Å². The zero-order valence-corrected chi connectivity index (χ0v) is 19.3. The van der Waals surface area contributed by atoms with Gasteiger partial charge < -0.3 is 9.64 Å². The summed E-state index contributed by atoms with van der Waals surface area (Å²) in [5.41, 5.74) is 10.5. The second-order valence-corrected chi connectivity index (χ2v) is 8.88. The number of anilines is 3. The largest absolute Gasteiger partial charge is 0.453 e. The molecule has 0 radical (unpaired) electrons. The van der Waals surface area contributed by atoms with Gasteiger partial charge in [-0.3, -0.25) is 0 Å². The van der Waals surface area contributed by atoms with Crippen molar-refractivity contribution in [3.8, 4) is 33.8 Å². The van der Waals surface area contributed by atoms with Crippen LogP contribution >= 0.6 is 0 Å². The first-order chi connectivity index (χ1) is 16.7. The second-order valence-electron chi connectivity index (χ2n) is 8.88. The molecule has 0 saturated carbocycles. The Bertz CT molecular complexity index is 1410. The number of ether oxygens (including phenoxy) is 1. The number of hydrogen-bond donors (Lipinski definition) is 0. The Morgan fingerprint density at radius 3 is 1.47 bits per heavy atom. The van der Waals surface area contributed by atoms with Crippen molar-refractivity contribution >= 4 is 17.1 Å². The summed E-state index contributed by atoms with van der Waals surface area (Å²) in [6.07, 6.45) is 0. The Morgan fingerprint density at radius 1 is 0.471 bits per heavy atom. The molecule has 0 N–H and O–H groups in total. The molecule has 34 heavy (non-hydrogen) atoms. The minimum absolute atomic E-state index is 0.860. The molecule has 5 aromatic carbocycles. The summed E-state index contributed by atoms with van der Waals surface area (Å²) in [6.45, 7) is 4.28. The standard InChI is InChI=1S/C32H25NO/c1-22-9-7-11-24(17-22)26-19-27(25-12-8-10-23(2)18-25)21-28(20-26)33-29-13-3-5-15-31(29)34-32-16-6-4-14-30(32)33/h3-21H,1-2H3. The monoisotopic (exact) mass is 439 g/mol. The van der Waals surface area contributed by atoms with Crippen molar-refractivity contribution in [1.29, 1.82) is 0 Å². The quantitative estimate of drug-likeness (QED) is 0.272.